The Labute approximate surface area is 186 Å². The molecule has 0 radical (unpaired) electrons. The standard InChI is InChI=1S/C23H29N3O2S2/c1-17-4-6-18(7-5-17)30-19-8-11-25(12-9-19)22(27)15-21-23(28)24-10-13-26(21)16-20-3-2-14-29-20/h2-7,14,19,21H,8-13,15-16H2,1H3,(H,24,28). The van der Waals surface area contributed by atoms with E-state index >= 15 is 0 Å². The minimum Gasteiger partial charge on any atom is -0.353 e. The fourth-order valence-electron chi connectivity index (χ4n) is 4.10. The molecule has 2 aliphatic rings. The van der Waals surface area contributed by atoms with E-state index in [1.807, 2.05) is 22.7 Å². The third-order valence-electron chi connectivity index (χ3n) is 5.87. The van der Waals surface area contributed by atoms with E-state index in [1.165, 1.54) is 15.3 Å². The van der Waals surface area contributed by atoms with Crippen LogP contribution in [0, 0.1) is 6.92 Å². The molecule has 1 aromatic carbocycles. The summed E-state index contributed by atoms with van der Waals surface area (Å²) >= 11 is 3.61. The van der Waals surface area contributed by atoms with E-state index in [4.69, 9.17) is 0 Å². The average molecular weight is 444 g/mol. The number of carbonyl (C=O) groups excluding carboxylic acids is 2. The molecule has 0 spiro atoms. The largest absolute Gasteiger partial charge is 0.353 e. The molecule has 2 aliphatic heterocycles. The molecule has 2 aromatic rings. The molecule has 160 valence electrons. The van der Waals surface area contributed by atoms with Crippen LogP contribution in [0.15, 0.2) is 46.7 Å². The van der Waals surface area contributed by atoms with Gasteiger partial charge < -0.3 is 10.2 Å². The lowest BCUT2D eigenvalue weighted by Crippen LogP contribution is -2.56. The highest BCUT2D eigenvalue weighted by atomic mass is 32.2. The topological polar surface area (TPSA) is 52.7 Å². The maximum atomic E-state index is 13.0. The third-order valence-corrected chi connectivity index (χ3v) is 8.08. The number of piperazine rings is 1. The van der Waals surface area contributed by atoms with Crippen LogP contribution in [0.25, 0.3) is 0 Å². The monoisotopic (exact) mass is 443 g/mol. The molecule has 1 N–H and O–H groups in total. The molecule has 7 heteroatoms. The van der Waals surface area contributed by atoms with Crippen molar-refractivity contribution >= 4 is 34.9 Å². The molecular weight excluding hydrogens is 414 g/mol. The summed E-state index contributed by atoms with van der Waals surface area (Å²) in [7, 11) is 0. The molecular formula is C23H29N3O2S2. The Morgan fingerprint density at radius 1 is 1.17 bits per heavy atom. The summed E-state index contributed by atoms with van der Waals surface area (Å²) in [6.07, 6.45) is 2.27. The molecule has 2 amide bonds. The Bertz CT molecular complexity index is 846. The minimum absolute atomic E-state index is 0.0176. The van der Waals surface area contributed by atoms with Gasteiger partial charge in [-0.2, -0.15) is 0 Å². The number of likely N-dealkylation sites (tertiary alicyclic amines) is 1. The van der Waals surface area contributed by atoms with Gasteiger partial charge >= 0.3 is 0 Å². The lowest BCUT2D eigenvalue weighted by atomic mass is 10.1. The molecule has 0 bridgehead atoms. The molecule has 3 heterocycles. The van der Waals surface area contributed by atoms with Crippen LogP contribution in [0.2, 0.25) is 0 Å². The first-order chi connectivity index (χ1) is 14.6. The van der Waals surface area contributed by atoms with Crippen LogP contribution in [0.1, 0.15) is 29.7 Å². The summed E-state index contributed by atoms with van der Waals surface area (Å²) in [5.41, 5.74) is 1.28. The summed E-state index contributed by atoms with van der Waals surface area (Å²) in [6.45, 7) is 5.83. The van der Waals surface area contributed by atoms with Gasteiger partial charge in [-0.3, -0.25) is 14.5 Å². The van der Waals surface area contributed by atoms with Crippen LogP contribution in [0.5, 0.6) is 0 Å². The minimum atomic E-state index is -0.368. The van der Waals surface area contributed by atoms with E-state index in [0.717, 1.165) is 39.0 Å². The lowest BCUT2D eigenvalue weighted by molar-refractivity contribution is -0.139. The van der Waals surface area contributed by atoms with Crippen LogP contribution < -0.4 is 5.32 Å². The summed E-state index contributed by atoms with van der Waals surface area (Å²) in [6, 6.07) is 12.4. The Morgan fingerprint density at radius 3 is 2.63 bits per heavy atom. The second kappa shape index (κ2) is 9.98. The van der Waals surface area contributed by atoms with Crippen LogP contribution >= 0.6 is 23.1 Å². The smallest absolute Gasteiger partial charge is 0.237 e. The van der Waals surface area contributed by atoms with Crippen molar-refractivity contribution in [1.82, 2.24) is 15.1 Å². The van der Waals surface area contributed by atoms with E-state index in [2.05, 4.69) is 52.9 Å². The number of hydrogen-bond acceptors (Lipinski definition) is 5. The predicted molar refractivity (Wildman–Crippen MR) is 123 cm³/mol. The highest BCUT2D eigenvalue weighted by Gasteiger charge is 2.34. The zero-order valence-electron chi connectivity index (χ0n) is 17.4. The number of carbonyl (C=O) groups is 2. The zero-order valence-corrected chi connectivity index (χ0v) is 19.0. The summed E-state index contributed by atoms with van der Waals surface area (Å²) in [4.78, 5) is 32.1. The molecule has 0 saturated carbocycles. The van der Waals surface area contributed by atoms with Crippen molar-refractivity contribution in [3.05, 3.63) is 52.2 Å². The van der Waals surface area contributed by atoms with Gasteiger partial charge in [0.25, 0.3) is 0 Å². The van der Waals surface area contributed by atoms with Gasteiger partial charge in [0.05, 0.1) is 12.5 Å². The number of hydrogen-bond donors (Lipinski definition) is 1. The fourth-order valence-corrected chi connectivity index (χ4v) is 5.96. The van der Waals surface area contributed by atoms with Crippen molar-refractivity contribution in [2.45, 2.75) is 48.9 Å². The second-order valence-electron chi connectivity index (χ2n) is 8.07. The molecule has 2 fully saturated rings. The first kappa shape index (κ1) is 21.4. The SMILES string of the molecule is Cc1ccc(SC2CCN(C(=O)CC3C(=O)NCCN3Cc3cccs3)CC2)cc1. The number of thiophene rings is 1. The number of thioether (sulfide) groups is 1. The molecule has 1 aromatic heterocycles. The maximum Gasteiger partial charge on any atom is 0.237 e. The molecule has 1 atom stereocenters. The zero-order chi connectivity index (χ0) is 20.9. The summed E-state index contributed by atoms with van der Waals surface area (Å²) in [5, 5.41) is 5.54. The highest BCUT2D eigenvalue weighted by molar-refractivity contribution is 8.00. The molecule has 2 saturated heterocycles. The van der Waals surface area contributed by atoms with E-state index < -0.39 is 0 Å². The number of benzene rings is 1. The molecule has 30 heavy (non-hydrogen) atoms. The van der Waals surface area contributed by atoms with E-state index in [0.29, 0.717) is 11.8 Å². The average Bonchev–Trinajstić information content (AvgIpc) is 3.26. The first-order valence-corrected chi connectivity index (χ1v) is 12.4. The van der Waals surface area contributed by atoms with Gasteiger partial charge in [0, 0.05) is 47.7 Å². The van der Waals surface area contributed by atoms with Crippen LogP contribution in [-0.2, 0) is 16.1 Å². The van der Waals surface area contributed by atoms with Crippen molar-refractivity contribution in [1.29, 1.82) is 0 Å². The van der Waals surface area contributed by atoms with Crippen LogP contribution in [0.4, 0.5) is 0 Å². The Balaban J connectivity index is 1.29. The second-order valence-corrected chi connectivity index (χ2v) is 10.5. The van der Waals surface area contributed by atoms with Crippen molar-refractivity contribution in [3.63, 3.8) is 0 Å². The lowest BCUT2D eigenvalue weighted by Gasteiger charge is -2.37. The van der Waals surface area contributed by atoms with E-state index in [1.54, 1.807) is 11.3 Å². The number of nitrogens with one attached hydrogen (secondary N) is 1. The quantitative estimate of drug-likeness (QED) is 0.742. The molecule has 5 nitrogen and oxygen atoms in total. The number of piperidine rings is 1. The van der Waals surface area contributed by atoms with Gasteiger partial charge in [-0.1, -0.05) is 23.8 Å². The van der Waals surface area contributed by atoms with Gasteiger partial charge in [-0.05, 0) is 43.3 Å². The maximum absolute atomic E-state index is 13.0. The Hall–Kier alpha value is -1.83. The van der Waals surface area contributed by atoms with Gasteiger partial charge in [-0.15, -0.1) is 23.1 Å². The van der Waals surface area contributed by atoms with Gasteiger partial charge in [0.15, 0.2) is 0 Å². The van der Waals surface area contributed by atoms with Crippen LogP contribution in [0.3, 0.4) is 0 Å². The Kier molecular flexibility index (Phi) is 7.12. The van der Waals surface area contributed by atoms with Crippen molar-refractivity contribution < 1.29 is 9.59 Å². The molecule has 0 aliphatic carbocycles. The third kappa shape index (κ3) is 5.45. The highest BCUT2D eigenvalue weighted by Crippen LogP contribution is 2.31. The fraction of sp³-hybridized carbons (Fsp3) is 0.478. The van der Waals surface area contributed by atoms with Crippen molar-refractivity contribution in [2.75, 3.05) is 26.2 Å². The Morgan fingerprint density at radius 2 is 1.93 bits per heavy atom. The van der Waals surface area contributed by atoms with E-state index in [-0.39, 0.29) is 24.3 Å². The van der Waals surface area contributed by atoms with E-state index in [9.17, 15) is 9.59 Å². The van der Waals surface area contributed by atoms with Crippen molar-refractivity contribution in [3.8, 4) is 0 Å². The predicted octanol–water partition coefficient (Wildman–Crippen LogP) is 3.53. The number of amides is 2. The summed E-state index contributed by atoms with van der Waals surface area (Å²) in [5.74, 6) is 0.0861. The molecule has 1 unspecified atom stereocenters. The summed E-state index contributed by atoms with van der Waals surface area (Å²) < 4.78 is 0. The van der Waals surface area contributed by atoms with Gasteiger partial charge in [0.2, 0.25) is 11.8 Å². The van der Waals surface area contributed by atoms with Crippen LogP contribution in [-0.4, -0.2) is 59.1 Å². The number of aryl methyl sites for hydroxylation is 1. The number of rotatable bonds is 6. The first-order valence-electron chi connectivity index (χ1n) is 10.6. The van der Waals surface area contributed by atoms with Gasteiger partial charge in [-0.25, -0.2) is 0 Å². The van der Waals surface area contributed by atoms with Crippen molar-refractivity contribution in [2.24, 2.45) is 0 Å². The number of nitrogens with zero attached hydrogens (tertiary/aromatic N) is 2. The molecule has 4 rings (SSSR count). The normalized spacial score (nSPS) is 20.9. The van der Waals surface area contributed by atoms with Gasteiger partial charge in [0.1, 0.15) is 0 Å².